The van der Waals surface area contributed by atoms with Crippen molar-refractivity contribution >= 4 is 17.4 Å². The first-order valence-corrected chi connectivity index (χ1v) is 6.78. The van der Waals surface area contributed by atoms with Crippen molar-refractivity contribution in [3.63, 3.8) is 0 Å². The molecule has 1 amide bonds. The van der Waals surface area contributed by atoms with E-state index in [0.717, 1.165) is 49.5 Å². The largest absolute Gasteiger partial charge is 0.394 e. The van der Waals surface area contributed by atoms with Crippen LogP contribution in [-0.4, -0.2) is 44.7 Å². The Balaban J connectivity index is 2.18. The average Bonchev–Trinajstić information content (AvgIpc) is 2.86. The zero-order chi connectivity index (χ0) is 12.3. The molecule has 1 atom stereocenters. The van der Waals surface area contributed by atoms with Gasteiger partial charge in [0.05, 0.1) is 18.3 Å². The van der Waals surface area contributed by atoms with Gasteiger partial charge in [0.25, 0.3) is 5.91 Å². The Morgan fingerprint density at radius 2 is 2.41 bits per heavy atom. The summed E-state index contributed by atoms with van der Waals surface area (Å²) in [6, 6.07) is -0.0388. The fraction of sp³-hybridized carbons (Fsp3) is 0.727. The fourth-order valence-electron chi connectivity index (χ4n) is 2.19. The number of aryl methyl sites for hydroxylation is 1. The first-order valence-electron chi connectivity index (χ1n) is 6.01. The van der Waals surface area contributed by atoms with Gasteiger partial charge in [-0.2, -0.15) is 0 Å². The summed E-state index contributed by atoms with van der Waals surface area (Å²) in [5.74, 6) is -0.0180. The molecule has 1 aliphatic heterocycles. The highest BCUT2D eigenvalue weighted by molar-refractivity contribution is 7.08. The number of aliphatic hydroxyl groups excluding tert-OH is 1. The molecule has 0 saturated carbocycles. The molecule has 1 aromatic heterocycles. The Kier molecular flexibility index (Phi) is 4.06. The van der Waals surface area contributed by atoms with Gasteiger partial charge in [-0.3, -0.25) is 4.79 Å². The topological polar surface area (TPSA) is 66.3 Å². The third-order valence-electron chi connectivity index (χ3n) is 3.18. The van der Waals surface area contributed by atoms with E-state index in [9.17, 15) is 9.90 Å². The van der Waals surface area contributed by atoms with Crippen molar-refractivity contribution in [2.75, 3.05) is 13.2 Å². The highest BCUT2D eigenvalue weighted by atomic mass is 32.1. The number of aliphatic hydroxyl groups is 1. The van der Waals surface area contributed by atoms with Crippen LogP contribution in [0.5, 0.6) is 0 Å². The lowest BCUT2D eigenvalue weighted by Gasteiger charge is -2.34. The number of carbonyl (C=O) groups excluding carboxylic acids is 1. The van der Waals surface area contributed by atoms with E-state index in [4.69, 9.17) is 0 Å². The molecule has 0 aromatic carbocycles. The van der Waals surface area contributed by atoms with Crippen LogP contribution in [0.4, 0.5) is 0 Å². The molecule has 2 heterocycles. The van der Waals surface area contributed by atoms with E-state index < -0.39 is 0 Å². The first-order chi connectivity index (χ1) is 8.27. The van der Waals surface area contributed by atoms with E-state index >= 15 is 0 Å². The second-order valence-electron chi connectivity index (χ2n) is 4.23. The van der Waals surface area contributed by atoms with Crippen molar-refractivity contribution in [1.29, 1.82) is 0 Å². The maximum Gasteiger partial charge on any atom is 0.267 e. The number of piperidine rings is 1. The number of aromatic nitrogens is 2. The van der Waals surface area contributed by atoms with Crippen LogP contribution < -0.4 is 0 Å². The van der Waals surface area contributed by atoms with E-state index in [2.05, 4.69) is 9.59 Å². The molecule has 1 N–H and O–H groups in total. The lowest BCUT2D eigenvalue weighted by Crippen LogP contribution is -2.45. The van der Waals surface area contributed by atoms with Gasteiger partial charge in [0, 0.05) is 6.54 Å². The Hall–Kier alpha value is -1.01. The standard InChI is InChI=1S/C11H17N3O2S/c1-2-9-10(17-13-12-9)11(16)14-6-4-3-5-8(14)7-15/h8,15H,2-7H2,1H3. The summed E-state index contributed by atoms with van der Waals surface area (Å²) in [6.45, 7) is 2.73. The number of carbonyl (C=O) groups is 1. The minimum Gasteiger partial charge on any atom is -0.394 e. The number of rotatable bonds is 3. The second-order valence-corrected chi connectivity index (χ2v) is 4.99. The summed E-state index contributed by atoms with van der Waals surface area (Å²) in [7, 11) is 0. The molecule has 1 unspecified atom stereocenters. The lowest BCUT2D eigenvalue weighted by molar-refractivity contribution is 0.0506. The SMILES string of the molecule is CCc1nnsc1C(=O)N1CCCCC1CO. The van der Waals surface area contributed by atoms with Crippen LogP contribution in [0.25, 0.3) is 0 Å². The van der Waals surface area contributed by atoms with Crippen molar-refractivity contribution in [2.45, 2.75) is 38.6 Å². The molecule has 94 valence electrons. The van der Waals surface area contributed by atoms with Crippen LogP contribution in [0, 0.1) is 0 Å². The van der Waals surface area contributed by atoms with Crippen LogP contribution in [0.3, 0.4) is 0 Å². The van der Waals surface area contributed by atoms with Gasteiger partial charge in [-0.1, -0.05) is 11.4 Å². The maximum atomic E-state index is 12.4. The van der Waals surface area contributed by atoms with Crippen molar-refractivity contribution in [3.05, 3.63) is 10.6 Å². The first kappa shape index (κ1) is 12.4. The van der Waals surface area contributed by atoms with Gasteiger partial charge in [-0.05, 0) is 37.2 Å². The van der Waals surface area contributed by atoms with Crippen molar-refractivity contribution in [2.24, 2.45) is 0 Å². The van der Waals surface area contributed by atoms with Crippen LogP contribution in [0.15, 0.2) is 0 Å². The molecule has 5 nitrogen and oxygen atoms in total. The van der Waals surface area contributed by atoms with Crippen molar-refractivity contribution in [1.82, 2.24) is 14.5 Å². The zero-order valence-electron chi connectivity index (χ0n) is 9.93. The summed E-state index contributed by atoms with van der Waals surface area (Å²) in [6.07, 6.45) is 3.69. The van der Waals surface area contributed by atoms with Gasteiger partial charge < -0.3 is 10.0 Å². The number of hydrogen-bond acceptors (Lipinski definition) is 5. The molecule has 1 aromatic rings. The number of hydrogen-bond donors (Lipinski definition) is 1. The molecular formula is C11H17N3O2S. The molecule has 1 saturated heterocycles. The summed E-state index contributed by atoms with van der Waals surface area (Å²) in [5, 5.41) is 13.3. The second kappa shape index (κ2) is 5.55. The van der Waals surface area contributed by atoms with Gasteiger partial charge in [0.15, 0.2) is 0 Å². The normalized spacial score (nSPS) is 20.6. The smallest absolute Gasteiger partial charge is 0.267 e. The molecule has 0 spiro atoms. The van der Waals surface area contributed by atoms with Gasteiger partial charge in [0.1, 0.15) is 4.88 Å². The molecule has 0 radical (unpaired) electrons. The minimum absolute atomic E-state index is 0.0180. The predicted octanol–water partition coefficient (Wildman–Crippen LogP) is 1.09. The third kappa shape index (κ3) is 2.47. The molecule has 0 aliphatic carbocycles. The Morgan fingerprint density at radius 1 is 1.59 bits per heavy atom. The summed E-state index contributed by atoms with van der Waals surface area (Å²) in [5.41, 5.74) is 0.766. The monoisotopic (exact) mass is 255 g/mol. The minimum atomic E-state index is -0.0388. The van der Waals surface area contributed by atoms with Crippen LogP contribution in [-0.2, 0) is 6.42 Å². The summed E-state index contributed by atoms with van der Waals surface area (Å²) >= 11 is 1.15. The van der Waals surface area contributed by atoms with E-state index in [-0.39, 0.29) is 18.6 Å². The molecule has 6 heteroatoms. The third-order valence-corrected chi connectivity index (χ3v) is 3.94. The van der Waals surface area contributed by atoms with E-state index in [0.29, 0.717) is 4.88 Å². The zero-order valence-corrected chi connectivity index (χ0v) is 10.7. The van der Waals surface area contributed by atoms with E-state index in [1.165, 1.54) is 0 Å². The highest BCUT2D eigenvalue weighted by Crippen LogP contribution is 2.22. The Labute approximate surface area is 105 Å². The molecule has 17 heavy (non-hydrogen) atoms. The van der Waals surface area contributed by atoms with Crippen molar-refractivity contribution < 1.29 is 9.90 Å². The van der Waals surface area contributed by atoms with Gasteiger partial charge in [-0.25, -0.2) is 0 Å². The molecule has 2 rings (SSSR count). The van der Waals surface area contributed by atoms with Crippen LogP contribution in [0.2, 0.25) is 0 Å². The fourth-order valence-corrected chi connectivity index (χ4v) is 2.90. The van der Waals surface area contributed by atoms with E-state index in [1.54, 1.807) is 4.90 Å². The quantitative estimate of drug-likeness (QED) is 0.878. The maximum absolute atomic E-state index is 12.4. The number of nitrogens with zero attached hydrogens (tertiary/aromatic N) is 3. The lowest BCUT2D eigenvalue weighted by atomic mass is 10.0. The summed E-state index contributed by atoms with van der Waals surface area (Å²) < 4.78 is 3.84. The average molecular weight is 255 g/mol. The summed E-state index contributed by atoms with van der Waals surface area (Å²) in [4.78, 5) is 14.8. The predicted molar refractivity (Wildman–Crippen MR) is 65.0 cm³/mol. The van der Waals surface area contributed by atoms with Gasteiger partial charge >= 0.3 is 0 Å². The number of amides is 1. The Bertz CT molecular complexity index is 394. The highest BCUT2D eigenvalue weighted by Gasteiger charge is 2.29. The van der Waals surface area contributed by atoms with Crippen LogP contribution >= 0.6 is 11.5 Å². The number of likely N-dealkylation sites (tertiary alicyclic amines) is 1. The van der Waals surface area contributed by atoms with Crippen molar-refractivity contribution in [3.8, 4) is 0 Å². The molecule has 1 fully saturated rings. The van der Waals surface area contributed by atoms with E-state index in [1.807, 2.05) is 6.92 Å². The van der Waals surface area contributed by atoms with Gasteiger partial charge in [0.2, 0.25) is 0 Å². The van der Waals surface area contributed by atoms with Gasteiger partial charge in [-0.15, -0.1) is 5.10 Å². The molecule has 1 aliphatic rings. The Morgan fingerprint density at radius 3 is 3.12 bits per heavy atom. The molecular weight excluding hydrogens is 238 g/mol. The van der Waals surface area contributed by atoms with Crippen LogP contribution in [0.1, 0.15) is 41.6 Å². The molecule has 0 bridgehead atoms.